The van der Waals surface area contributed by atoms with Gasteiger partial charge in [0.1, 0.15) is 12.2 Å². The molecule has 0 unspecified atom stereocenters. The van der Waals surface area contributed by atoms with Crippen LogP contribution in [0.15, 0.2) is 23.8 Å². The maximum Gasteiger partial charge on any atom is 0.302 e. The van der Waals surface area contributed by atoms with E-state index in [0.717, 1.165) is 31.3 Å². The minimum atomic E-state index is -0.288. The number of epoxide rings is 1. The summed E-state index contributed by atoms with van der Waals surface area (Å²) in [5.41, 5.74) is 0.497. The Balaban J connectivity index is 1.44. The summed E-state index contributed by atoms with van der Waals surface area (Å²) in [5.74, 6) is 1.11. The average Bonchev–Trinajstić information content (AvgIpc) is 3.11. The predicted molar refractivity (Wildman–Crippen MR) is 144 cm³/mol. The number of esters is 2. The lowest BCUT2D eigenvalue weighted by Gasteiger charge is -2.59. The van der Waals surface area contributed by atoms with Gasteiger partial charge in [0.2, 0.25) is 0 Å². The first-order valence-corrected chi connectivity index (χ1v) is 14.6. The fourth-order valence-corrected chi connectivity index (χ4v) is 9.40. The number of carbonyl (C=O) groups is 3. The summed E-state index contributed by atoms with van der Waals surface area (Å²) < 4.78 is 18.1. The number of carbonyl (C=O) groups excluding carboxylic acids is 3. The van der Waals surface area contributed by atoms with Crippen LogP contribution < -0.4 is 0 Å². The maximum atomic E-state index is 12.3. The molecule has 0 N–H and O–H groups in total. The molecule has 6 heteroatoms. The van der Waals surface area contributed by atoms with Gasteiger partial charge in [-0.05, 0) is 87.7 Å². The van der Waals surface area contributed by atoms with Crippen LogP contribution in [0.4, 0.5) is 0 Å². The largest absolute Gasteiger partial charge is 0.462 e. The van der Waals surface area contributed by atoms with Crippen LogP contribution >= 0.6 is 0 Å². The van der Waals surface area contributed by atoms with E-state index in [4.69, 9.17) is 14.2 Å². The molecule has 1 saturated heterocycles. The van der Waals surface area contributed by atoms with Gasteiger partial charge >= 0.3 is 11.9 Å². The number of hydrogen-bond donors (Lipinski definition) is 0. The highest BCUT2D eigenvalue weighted by atomic mass is 16.6. The summed E-state index contributed by atoms with van der Waals surface area (Å²) >= 11 is 0. The molecular weight excluding hydrogens is 480 g/mol. The normalized spacial score (nSPS) is 44.2. The van der Waals surface area contributed by atoms with Crippen molar-refractivity contribution in [3.05, 3.63) is 23.8 Å². The Labute approximate surface area is 227 Å². The Morgan fingerprint density at radius 1 is 1.05 bits per heavy atom. The monoisotopic (exact) mass is 526 g/mol. The van der Waals surface area contributed by atoms with Crippen molar-refractivity contribution in [1.29, 1.82) is 0 Å². The number of ketones is 1. The van der Waals surface area contributed by atoms with Gasteiger partial charge in [0.05, 0.1) is 11.2 Å². The number of hydrogen-bond acceptors (Lipinski definition) is 6. The van der Waals surface area contributed by atoms with Crippen molar-refractivity contribution in [2.24, 2.45) is 40.4 Å². The number of allylic oxidation sites excluding steroid dienone is 3. The van der Waals surface area contributed by atoms with Gasteiger partial charge in [0, 0.05) is 38.0 Å². The van der Waals surface area contributed by atoms with Crippen LogP contribution in [-0.2, 0) is 28.6 Å². The quantitative estimate of drug-likeness (QED) is 0.313. The smallest absolute Gasteiger partial charge is 0.302 e. The molecule has 1 heterocycles. The lowest BCUT2D eigenvalue weighted by Crippen LogP contribution is -2.56. The van der Waals surface area contributed by atoms with E-state index in [1.54, 1.807) is 12.2 Å². The molecule has 0 aromatic carbocycles. The SMILES string of the molecule is CC(=O)O[C@H](C[C@]1(C)OC1(C)C)[C@@H](C)[C@H]1CC[C@H]2[C@@H]3[C@H](OC(C)=O)CC4=CC(=O)C=C[C@]4(C)[C@H]3CC[C@]12C. The molecule has 0 radical (unpaired) electrons. The molecule has 38 heavy (non-hydrogen) atoms. The molecule has 0 spiro atoms. The Hall–Kier alpha value is -1.95. The molecule has 1 aliphatic heterocycles. The molecule has 0 bridgehead atoms. The van der Waals surface area contributed by atoms with Gasteiger partial charge in [-0.1, -0.05) is 32.4 Å². The standard InChI is InChI=1S/C32H46O6/c1-18(27(37-20(3)34)17-32(8)29(4,5)38-32)23-9-10-24-28-25(12-14-31(23,24)7)30(6)13-11-22(35)15-21(30)16-26(28)36-19(2)33/h11,13,15,18,23-28H,9-10,12,14,16-17H2,1-8H3/t18-,23+,24-,25-,26+,27+,28-,30-,31+,32-/m0/s1. The molecule has 4 fully saturated rings. The van der Waals surface area contributed by atoms with Crippen molar-refractivity contribution in [3.8, 4) is 0 Å². The Morgan fingerprint density at radius 2 is 1.74 bits per heavy atom. The molecule has 0 amide bonds. The fraction of sp³-hybridized carbons (Fsp3) is 0.781. The van der Waals surface area contributed by atoms with Gasteiger partial charge < -0.3 is 14.2 Å². The Bertz CT molecular complexity index is 1090. The van der Waals surface area contributed by atoms with Crippen molar-refractivity contribution >= 4 is 17.7 Å². The molecule has 6 nitrogen and oxygen atoms in total. The van der Waals surface area contributed by atoms with Crippen molar-refractivity contribution in [2.45, 2.75) is 117 Å². The van der Waals surface area contributed by atoms with Crippen LogP contribution in [0.1, 0.15) is 93.9 Å². The Morgan fingerprint density at radius 3 is 2.34 bits per heavy atom. The lowest BCUT2D eigenvalue weighted by molar-refractivity contribution is -0.165. The molecule has 4 aliphatic carbocycles. The van der Waals surface area contributed by atoms with E-state index in [0.29, 0.717) is 30.6 Å². The topological polar surface area (TPSA) is 82.2 Å². The number of rotatable bonds is 6. The van der Waals surface area contributed by atoms with E-state index >= 15 is 0 Å². The molecule has 210 valence electrons. The first-order chi connectivity index (χ1) is 17.6. The summed E-state index contributed by atoms with van der Waals surface area (Å²) in [6.07, 6.45) is 10.8. The van der Waals surface area contributed by atoms with Crippen LogP contribution in [0.25, 0.3) is 0 Å². The predicted octanol–water partition coefficient (Wildman–Crippen LogP) is 5.98. The Kier molecular flexibility index (Phi) is 6.57. The van der Waals surface area contributed by atoms with E-state index in [9.17, 15) is 14.4 Å². The molecule has 10 atom stereocenters. The van der Waals surface area contributed by atoms with Crippen LogP contribution in [0.3, 0.4) is 0 Å². The summed E-state index contributed by atoms with van der Waals surface area (Å²) in [4.78, 5) is 36.7. The van der Waals surface area contributed by atoms with Crippen molar-refractivity contribution in [3.63, 3.8) is 0 Å². The second kappa shape index (κ2) is 9.04. The third kappa shape index (κ3) is 4.30. The van der Waals surface area contributed by atoms with Gasteiger partial charge in [-0.25, -0.2) is 0 Å². The first-order valence-electron chi connectivity index (χ1n) is 14.6. The molecule has 5 rings (SSSR count). The van der Waals surface area contributed by atoms with Crippen molar-refractivity contribution in [1.82, 2.24) is 0 Å². The van der Waals surface area contributed by atoms with E-state index in [1.165, 1.54) is 13.8 Å². The van der Waals surface area contributed by atoms with Gasteiger partial charge in [-0.3, -0.25) is 14.4 Å². The van der Waals surface area contributed by atoms with E-state index in [2.05, 4.69) is 47.6 Å². The minimum absolute atomic E-state index is 0.0286. The van der Waals surface area contributed by atoms with Crippen LogP contribution in [0, 0.1) is 40.4 Å². The van der Waals surface area contributed by atoms with E-state index in [1.807, 2.05) is 0 Å². The maximum absolute atomic E-state index is 12.3. The third-order valence-electron chi connectivity index (χ3n) is 11.8. The molecule has 5 aliphatic rings. The second-order valence-corrected chi connectivity index (χ2v) is 14.1. The second-order valence-electron chi connectivity index (χ2n) is 14.1. The highest BCUT2D eigenvalue weighted by molar-refractivity contribution is 6.01. The zero-order valence-electron chi connectivity index (χ0n) is 24.5. The van der Waals surface area contributed by atoms with Crippen molar-refractivity contribution < 1.29 is 28.6 Å². The van der Waals surface area contributed by atoms with E-state index in [-0.39, 0.29) is 63.8 Å². The summed E-state index contributed by atoms with van der Waals surface area (Å²) in [7, 11) is 0. The van der Waals surface area contributed by atoms with E-state index < -0.39 is 0 Å². The van der Waals surface area contributed by atoms with Crippen molar-refractivity contribution in [2.75, 3.05) is 0 Å². The summed E-state index contributed by atoms with van der Waals surface area (Å²) in [6.45, 7) is 16.3. The summed E-state index contributed by atoms with van der Waals surface area (Å²) in [5, 5.41) is 0. The van der Waals surface area contributed by atoms with Crippen LogP contribution in [0.5, 0.6) is 0 Å². The lowest BCUT2D eigenvalue weighted by atomic mass is 9.46. The van der Waals surface area contributed by atoms with Gasteiger partial charge in [-0.2, -0.15) is 0 Å². The zero-order chi connectivity index (χ0) is 27.8. The number of fused-ring (bicyclic) bond motifs is 5. The molecule has 0 aromatic rings. The van der Waals surface area contributed by atoms with Gasteiger partial charge in [0.15, 0.2) is 5.78 Å². The average molecular weight is 527 g/mol. The fourth-order valence-electron chi connectivity index (χ4n) is 9.40. The highest BCUT2D eigenvalue weighted by Crippen LogP contribution is 2.68. The molecule has 3 saturated carbocycles. The van der Waals surface area contributed by atoms with Gasteiger partial charge in [0.25, 0.3) is 0 Å². The van der Waals surface area contributed by atoms with Gasteiger partial charge in [-0.15, -0.1) is 0 Å². The third-order valence-corrected chi connectivity index (χ3v) is 11.8. The summed E-state index contributed by atoms with van der Waals surface area (Å²) in [6, 6.07) is 0. The zero-order valence-corrected chi connectivity index (χ0v) is 24.5. The number of ether oxygens (including phenoxy) is 3. The van der Waals surface area contributed by atoms with Crippen LogP contribution in [0.2, 0.25) is 0 Å². The first kappa shape index (κ1) is 27.6. The molecular formula is C32H46O6. The minimum Gasteiger partial charge on any atom is -0.462 e. The molecule has 0 aromatic heterocycles. The van der Waals surface area contributed by atoms with Crippen LogP contribution in [-0.4, -0.2) is 41.1 Å². The highest BCUT2D eigenvalue weighted by Gasteiger charge is 2.65.